The van der Waals surface area contributed by atoms with Gasteiger partial charge in [-0.05, 0) is 23.8 Å². The zero-order valence-corrected chi connectivity index (χ0v) is 9.99. The molecular formula is C13H9ClFNO2. The lowest BCUT2D eigenvalue weighted by Gasteiger charge is -2.06. The second-order valence-corrected chi connectivity index (χ2v) is 4.12. The van der Waals surface area contributed by atoms with Crippen LogP contribution in [-0.4, -0.2) is 16.1 Å². The van der Waals surface area contributed by atoms with Crippen LogP contribution >= 0.6 is 11.6 Å². The van der Waals surface area contributed by atoms with Crippen molar-refractivity contribution >= 4 is 17.6 Å². The summed E-state index contributed by atoms with van der Waals surface area (Å²) in [5.41, 5.74) is 1.10. The maximum Gasteiger partial charge on any atom is 0.307 e. The van der Waals surface area contributed by atoms with E-state index in [1.54, 1.807) is 18.2 Å². The number of hydrogen-bond acceptors (Lipinski definition) is 2. The van der Waals surface area contributed by atoms with Crippen LogP contribution in [0, 0.1) is 5.82 Å². The second kappa shape index (κ2) is 5.14. The van der Waals surface area contributed by atoms with E-state index < -0.39 is 11.8 Å². The number of carboxylic acid groups (broad SMARTS) is 1. The highest BCUT2D eigenvalue weighted by Crippen LogP contribution is 2.25. The molecule has 0 amide bonds. The van der Waals surface area contributed by atoms with E-state index in [9.17, 15) is 9.18 Å². The largest absolute Gasteiger partial charge is 0.481 e. The average Bonchev–Trinajstić information content (AvgIpc) is 2.32. The summed E-state index contributed by atoms with van der Waals surface area (Å²) in [6, 6.07) is 7.66. The third-order valence-electron chi connectivity index (χ3n) is 2.43. The molecule has 0 radical (unpaired) electrons. The maximum absolute atomic E-state index is 13.6. The molecule has 5 heteroatoms. The predicted molar refractivity (Wildman–Crippen MR) is 66.0 cm³/mol. The van der Waals surface area contributed by atoms with Crippen molar-refractivity contribution in [1.82, 2.24) is 4.98 Å². The van der Waals surface area contributed by atoms with Crippen LogP contribution in [0.15, 0.2) is 36.5 Å². The van der Waals surface area contributed by atoms with E-state index in [1.165, 1.54) is 18.3 Å². The van der Waals surface area contributed by atoms with Crippen molar-refractivity contribution in [2.45, 2.75) is 6.42 Å². The van der Waals surface area contributed by atoms with Crippen LogP contribution in [0.1, 0.15) is 5.56 Å². The van der Waals surface area contributed by atoms with Gasteiger partial charge in [0.25, 0.3) is 0 Å². The van der Waals surface area contributed by atoms with Crippen molar-refractivity contribution in [2.75, 3.05) is 0 Å². The van der Waals surface area contributed by atoms with E-state index in [-0.39, 0.29) is 11.4 Å². The van der Waals surface area contributed by atoms with Gasteiger partial charge in [-0.3, -0.25) is 9.78 Å². The first kappa shape index (κ1) is 12.5. The van der Waals surface area contributed by atoms with E-state index >= 15 is 0 Å². The van der Waals surface area contributed by atoms with Crippen LogP contribution in [-0.2, 0) is 11.2 Å². The standard InChI is InChI=1S/C13H9ClFNO2/c14-10-7-16-12(5-8(10)6-13(17)18)9-3-1-2-4-11(9)15/h1-5,7H,6H2,(H,17,18). The van der Waals surface area contributed by atoms with Crippen LogP contribution < -0.4 is 0 Å². The van der Waals surface area contributed by atoms with Gasteiger partial charge in [0.1, 0.15) is 5.82 Å². The minimum atomic E-state index is -0.998. The number of nitrogens with zero attached hydrogens (tertiary/aromatic N) is 1. The van der Waals surface area contributed by atoms with Gasteiger partial charge in [-0.15, -0.1) is 0 Å². The van der Waals surface area contributed by atoms with Crippen LogP contribution in [0.3, 0.4) is 0 Å². The van der Waals surface area contributed by atoms with Gasteiger partial charge in [-0.25, -0.2) is 4.39 Å². The summed E-state index contributed by atoms with van der Waals surface area (Å²) in [4.78, 5) is 14.7. The van der Waals surface area contributed by atoms with Crippen LogP contribution in [0.25, 0.3) is 11.3 Å². The van der Waals surface area contributed by atoms with Gasteiger partial charge in [0.2, 0.25) is 0 Å². The van der Waals surface area contributed by atoms with E-state index in [1.807, 2.05) is 0 Å². The van der Waals surface area contributed by atoms with Gasteiger partial charge < -0.3 is 5.11 Å². The molecule has 0 unspecified atom stereocenters. The van der Waals surface area contributed by atoms with Crippen LogP contribution in [0.4, 0.5) is 4.39 Å². The number of aromatic nitrogens is 1. The topological polar surface area (TPSA) is 50.2 Å². The highest BCUT2D eigenvalue weighted by molar-refractivity contribution is 6.31. The molecule has 1 aromatic carbocycles. The Morgan fingerprint density at radius 3 is 2.78 bits per heavy atom. The van der Waals surface area contributed by atoms with Gasteiger partial charge in [0.05, 0.1) is 17.1 Å². The smallest absolute Gasteiger partial charge is 0.307 e. The Balaban J connectivity index is 2.47. The third kappa shape index (κ3) is 2.65. The fourth-order valence-corrected chi connectivity index (χ4v) is 1.77. The molecule has 92 valence electrons. The van der Waals surface area contributed by atoms with E-state index in [4.69, 9.17) is 16.7 Å². The first-order chi connectivity index (χ1) is 8.58. The molecule has 2 aromatic rings. The summed E-state index contributed by atoms with van der Waals surface area (Å²) in [6.07, 6.45) is 1.12. The number of rotatable bonds is 3. The monoisotopic (exact) mass is 265 g/mol. The molecule has 0 aliphatic heterocycles. The Bertz CT molecular complexity index is 601. The Labute approximate surface area is 108 Å². The lowest BCUT2D eigenvalue weighted by Crippen LogP contribution is -2.02. The SMILES string of the molecule is O=C(O)Cc1cc(-c2ccccc2F)ncc1Cl. The van der Waals surface area contributed by atoms with Gasteiger partial charge in [0, 0.05) is 11.8 Å². The van der Waals surface area contributed by atoms with Crippen molar-refractivity contribution in [3.05, 3.63) is 52.9 Å². The lowest BCUT2D eigenvalue weighted by atomic mass is 10.1. The molecule has 0 aliphatic rings. The number of hydrogen-bond donors (Lipinski definition) is 1. The number of benzene rings is 1. The molecule has 18 heavy (non-hydrogen) atoms. The average molecular weight is 266 g/mol. The zero-order valence-electron chi connectivity index (χ0n) is 9.23. The predicted octanol–water partition coefficient (Wildman–Crippen LogP) is 3.17. The zero-order chi connectivity index (χ0) is 13.1. The number of aliphatic carboxylic acids is 1. The lowest BCUT2D eigenvalue weighted by molar-refractivity contribution is -0.136. The number of pyridine rings is 1. The van der Waals surface area contributed by atoms with Gasteiger partial charge in [0.15, 0.2) is 0 Å². The van der Waals surface area contributed by atoms with Gasteiger partial charge in [-0.2, -0.15) is 0 Å². The van der Waals surface area contributed by atoms with Crippen LogP contribution in [0.2, 0.25) is 5.02 Å². The second-order valence-electron chi connectivity index (χ2n) is 3.71. The van der Waals surface area contributed by atoms with E-state index in [2.05, 4.69) is 4.98 Å². The van der Waals surface area contributed by atoms with Gasteiger partial charge in [-0.1, -0.05) is 23.7 Å². The molecule has 3 nitrogen and oxygen atoms in total. The molecule has 0 bridgehead atoms. The number of carbonyl (C=O) groups is 1. The molecule has 1 heterocycles. The van der Waals surface area contributed by atoms with Crippen molar-refractivity contribution < 1.29 is 14.3 Å². The minimum absolute atomic E-state index is 0.219. The molecule has 0 aliphatic carbocycles. The van der Waals surface area contributed by atoms with Crippen molar-refractivity contribution in [3.63, 3.8) is 0 Å². The Kier molecular flexibility index (Phi) is 3.58. The quantitative estimate of drug-likeness (QED) is 0.927. The molecule has 0 fully saturated rings. The first-order valence-electron chi connectivity index (χ1n) is 5.19. The summed E-state index contributed by atoms with van der Waals surface area (Å²) < 4.78 is 13.6. The molecule has 0 saturated heterocycles. The highest BCUT2D eigenvalue weighted by atomic mass is 35.5. The Morgan fingerprint density at radius 2 is 2.11 bits per heavy atom. The van der Waals surface area contributed by atoms with E-state index in [0.29, 0.717) is 16.8 Å². The molecule has 1 aromatic heterocycles. The maximum atomic E-state index is 13.6. The van der Waals surface area contributed by atoms with Crippen molar-refractivity contribution in [2.24, 2.45) is 0 Å². The summed E-state index contributed by atoms with van der Waals surface area (Å²) in [6.45, 7) is 0. The minimum Gasteiger partial charge on any atom is -0.481 e. The van der Waals surface area contributed by atoms with Gasteiger partial charge >= 0.3 is 5.97 Å². The number of carboxylic acids is 1. The third-order valence-corrected chi connectivity index (χ3v) is 2.77. The summed E-state index contributed by atoms with van der Waals surface area (Å²) in [5, 5.41) is 9.02. The molecule has 2 rings (SSSR count). The summed E-state index contributed by atoms with van der Waals surface area (Å²) in [5.74, 6) is -1.41. The molecular weight excluding hydrogens is 257 g/mol. The first-order valence-corrected chi connectivity index (χ1v) is 5.57. The summed E-state index contributed by atoms with van der Waals surface area (Å²) in [7, 11) is 0. The molecule has 0 spiro atoms. The molecule has 0 atom stereocenters. The Hall–Kier alpha value is -1.94. The summed E-state index contributed by atoms with van der Waals surface area (Å²) >= 11 is 5.85. The van der Waals surface area contributed by atoms with Crippen molar-refractivity contribution in [3.8, 4) is 11.3 Å². The normalized spacial score (nSPS) is 10.3. The molecule has 1 N–H and O–H groups in total. The Morgan fingerprint density at radius 1 is 1.39 bits per heavy atom. The highest BCUT2D eigenvalue weighted by Gasteiger charge is 2.11. The fraction of sp³-hybridized carbons (Fsp3) is 0.0769. The molecule has 0 saturated carbocycles. The van der Waals surface area contributed by atoms with E-state index in [0.717, 1.165) is 0 Å². The fourth-order valence-electron chi connectivity index (χ4n) is 1.59. The number of halogens is 2. The van der Waals surface area contributed by atoms with Crippen molar-refractivity contribution in [1.29, 1.82) is 0 Å². The van der Waals surface area contributed by atoms with Crippen LogP contribution in [0.5, 0.6) is 0 Å².